The molecule has 0 N–H and O–H groups in total. The highest BCUT2D eigenvalue weighted by Gasteiger charge is 2.10. The van der Waals surface area contributed by atoms with E-state index < -0.39 is 0 Å². The normalized spacial score (nSPS) is 11.1. The zero-order valence-electron chi connectivity index (χ0n) is 9.62. The Labute approximate surface area is 94.1 Å². The number of rotatable bonds is 2. The first-order valence-electron chi connectivity index (χ1n) is 5.25. The lowest BCUT2D eigenvalue weighted by Gasteiger charge is -2.10. The maximum absolute atomic E-state index is 13.6. The van der Waals surface area contributed by atoms with E-state index in [-0.39, 0.29) is 11.6 Å². The first-order chi connectivity index (χ1) is 7.63. The summed E-state index contributed by atoms with van der Waals surface area (Å²) in [4.78, 5) is 4.23. The zero-order chi connectivity index (χ0) is 11.7. The van der Waals surface area contributed by atoms with Crippen LogP contribution in [-0.2, 0) is 0 Å². The minimum Gasteiger partial charge on any atom is -0.494 e. The van der Waals surface area contributed by atoms with Gasteiger partial charge in [0, 0.05) is 17.6 Å². The van der Waals surface area contributed by atoms with E-state index in [1.54, 1.807) is 12.3 Å². The number of benzene rings is 1. The molecule has 1 aromatic heterocycles. The lowest BCUT2D eigenvalue weighted by molar-refractivity contribution is 0.387. The molecule has 0 bridgehead atoms. The summed E-state index contributed by atoms with van der Waals surface area (Å²) in [5.41, 5.74) is 1.87. The summed E-state index contributed by atoms with van der Waals surface area (Å²) in [6.07, 6.45) is 1.75. The lowest BCUT2D eigenvalue weighted by Crippen LogP contribution is -1.94. The Morgan fingerprint density at radius 1 is 1.31 bits per heavy atom. The summed E-state index contributed by atoms with van der Waals surface area (Å²) in [5.74, 6) is 0.240. The van der Waals surface area contributed by atoms with E-state index in [4.69, 9.17) is 4.74 Å². The van der Waals surface area contributed by atoms with Crippen LogP contribution in [0.1, 0.15) is 25.3 Å². The SMILES string of the molecule is COc1cc2nccc(C(C)C)c2cc1F. The van der Waals surface area contributed by atoms with Gasteiger partial charge in [0.2, 0.25) is 0 Å². The number of methoxy groups -OCH3 is 1. The van der Waals surface area contributed by atoms with Crippen LogP contribution < -0.4 is 4.74 Å². The smallest absolute Gasteiger partial charge is 0.165 e. The topological polar surface area (TPSA) is 22.1 Å². The van der Waals surface area contributed by atoms with Crippen molar-refractivity contribution >= 4 is 10.9 Å². The number of hydrogen-bond donors (Lipinski definition) is 0. The second-order valence-electron chi connectivity index (χ2n) is 4.06. The van der Waals surface area contributed by atoms with Crippen LogP contribution in [0.4, 0.5) is 4.39 Å². The summed E-state index contributed by atoms with van der Waals surface area (Å²) in [5, 5.41) is 0.857. The number of fused-ring (bicyclic) bond motifs is 1. The Kier molecular flexibility index (Phi) is 2.77. The molecule has 0 amide bonds. The van der Waals surface area contributed by atoms with Crippen molar-refractivity contribution in [3.8, 4) is 5.75 Å². The van der Waals surface area contributed by atoms with E-state index in [9.17, 15) is 4.39 Å². The van der Waals surface area contributed by atoms with E-state index in [1.807, 2.05) is 6.07 Å². The molecule has 1 aromatic carbocycles. The zero-order valence-corrected chi connectivity index (χ0v) is 9.62. The predicted octanol–water partition coefficient (Wildman–Crippen LogP) is 3.51. The van der Waals surface area contributed by atoms with Crippen molar-refractivity contribution in [2.45, 2.75) is 19.8 Å². The van der Waals surface area contributed by atoms with Gasteiger partial charge in [0.1, 0.15) is 0 Å². The molecule has 0 atom stereocenters. The van der Waals surface area contributed by atoms with Gasteiger partial charge in [-0.1, -0.05) is 13.8 Å². The number of aromatic nitrogens is 1. The van der Waals surface area contributed by atoms with Crippen LogP contribution in [0.2, 0.25) is 0 Å². The Morgan fingerprint density at radius 3 is 2.69 bits per heavy atom. The molecule has 2 rings (SSSR count). The molecule has 2 aromatic rings. The van der Waals surface area contributed by atoms with Gasteiger partial charge in [0.25, 0.3) is 0 Å². The fourth-order valence-electron chi connectivity index (χ4n) is 1.83. The van der Waals surface area contributed by atoms with Crippen molar-refractivity contribution in [1.29, 1.82) is 0 Å². The molecule has 0 radical (unpaired) electrons. The third kappa shape index (κ3) is 1.73. The second-order valence-corrected chi connectivity index (χ2v) is 4.06. The number of pyridine rings is 1. The molecule has 0 unspecified atom stereocenters. The summed E-state index contributed by atoms with van der Waals surface area (Å²) < 4.78 is 18.5. The fourth-order valence-corrected chi connectivity index (χ4v) is 1.83. The number of hydrogen-bond acceptors (Lipinski definition) is 2. The molecule has 2 nitrogen and oxygen atoms in total. The van der Waals surface area contributed by atoms with Crippen LogP contribution in [0.3, 0.4) is 0 Å². The van der Waals surface area contributed by atoms with Crippen molar-refractivity contribution in [2.75, 3.05) is 7.11 Å². The Morgan fingerprint density at radius 2 is 2.06 bits per heavy atom. The van der Waals surface area contributed by atoms with Crippen LogP contribution in [0, 0.1) is 5.82 Å². The maximum Gasteiger partial charge on any atom is 0.165 e. The second kappa shape index (κ2) is 4.08. The van der Waals surface area contributed by atoms with Gasteiger partial charge in [0.15, 0.2) is 11.6 Å². The monoisotopic (exact) mass is 219 g/mol. The van der Waals surface area contributed by atoms with Gasteiger partial charge in [-0.25, -0.2) is 4.39 Å². The predicted molar refractivity (Wildman–Crippen MR) is 62.3 cm³/mol. The van der Waals surface area contributed by atoms with Crippen LogP contribution in [0.15, 0.2) is 24.4 Å². The molecule has 0 saturated carbocycles. The quantitative estimate of drug-likeness (QED) is 0.771. The third-order valence-corrected chi connectivity index (χ3v) is 2.67. The molecule has 0 aliphatic heterocycles. The van der Waals surface area contributed by atoms with Crippen LogP contribution in [0.25, 0.3) is 10.9 Å². The molecule has 3 heteroatoms. The Balaban J connectivity index is 2.74. The number of ether oxygens (including phenoxy) is 1. The molecular formula is C13H14FNO. The molecule has 1 heterocycles. The first kappa shape index (κ1) is 10.9. The fraction of sp³-hybridized carbons (Fsp3) is 0.308. The standard InChI is InChI=1S/C13H14FNO/c1-8(2)9-4-5-15-12-7-13(16-3)11(14)6-10(9)12/h4-8H,1-3H3. The average molecular weight is 219 g/mol. The van der Waals surface area contributed by atoms with Crippen molar-refractivity contribution in [1.82, 2.24) is 4.98 Å². The van der Waals surface area contributed by atoms with Gasteiger partial charge in [0.05, 0.1) is 12.6 Å². The third-order valence-electron chi connectivity index (χ3n) is 2.67. The first-order valence-corrected chi connectivity index (χ1v) is 5.25. The molecule has 84 valence electrons. The molecule has 0 saturated heterocycles. The highest BCUT2D eigenvalue weighted by molar-refractivity contribution is 5.84. The lowest BCUT2D eigenvalue weighted by atomic mass is 9.99. The molecule has 0 fully saturated rings. The van der Waals surface area contributed by atoms with Crippen LogP contribution >= 0.6 is 0 Å². The van der Waals surface area contributed by atoms with Gasteiger partial charge >= 0.3 is 0 Å². The van der Waals surface area contributed by atoms with Gasteiger partial charge in [-0.2, -0.15) is 0 Å². The van der Waals surface area contributed by atoms with Crippen LogP contribution in [-0.4, -0.2) is 12.1 Å². The Hall–Kier alpha value is -1.64. The van der Waals surface area contributed by atoms with Crippen LogP contribution in [0.5, 0.6) is 5.75 Å². The van der Waals surface area contributed by atoms with E-state index >= 15 is 0 Å². The summed E-state index contributed by atoms with van der Waals surface area (Å²) >= 11 is 0. The average Bonchev–Trinajstić information content (AvgIpc) is 2.27. The highest BCUT2D eigenvalue weighted by atomic mass is 19.1. The van der Waals surface area contributed by atoms with E-state index in [0.29, 0.717) is 5.92 Å². The molecule has 0 spiro atoms. The molecule has 0 aliphatic rings. The van der Waals surface area contributed by atoms with E-state index in [1.165, 1.54) is 13.2 Å². The van der Waals surface area contributed by atoms with Gasteiger partial charge in [-0.3, -0.25) is 4.98 Å². The van der Waals surface area contributed by atoms with Crippen molar-refractivity contribution in [3.05, 3.63) is 35.8 Å². The van der Waals surface area contributed by atoms with E-state index in [2.05, 4.69) is 18.8 Å². The minimum atomic E-state index is -0.343. The van der Waals surface area contributed by atoms with Crippen molar-refractivity contribution in [3.63, 3.8) is 0 Å². The molecule has 0 aliphatic carbocycles. The minimum absolute atomic E-state index is 0.237. The van der Waals surface area contributed by atoms with Gasteiger partial charge in [-0.05, 0) is 23.6 Å². The maximum atomic E-state index is 13.6. The Bertz CT molecular complexity index is 523. The number of nitrogens with zero attached hydrogens (tertiary/aromatic N) is 1. The summed E-state index contributed by atoms with van der Waals surface area (Å²) in [7, 11) is 1.45. The van der Waals surface area contributed by atoms with E-state index in [0.717, 1.165) is 16.5 Å². The summed E-state index contributed by atoms with van der Waals surface area (Å²) in [6.45, 7) is 4.16. The summed E-state index contributed by atoms with van der Waals surface area (Å²) in [6, 6.07) is 5.06. The largest absolute Gasteiger partial charge is 0.494 e. The highest BCUT2D eigenvalue weighted by Crippen LogP contribution is 2.28. The van der Waals surface area contributed by atoms with Crippen molar-refractivity contribution < 1.29 is 9.13 Å². The number of halogens is 1. The van der Waals surface area contributed by atoms with Crippen molar-refractivity contribution in [2.24, 2.45) is 0 Å². The molecule has 16 heavy (non-hydrogen) atoms. The molecular weight excluding hydrogens is 205 g/mol. The van der Waals surface area contributed by atoms with Gasteiger partial charge in [-0.15, -0.1) is 0 Å². The van der Waals surface area contributed by atoms with Gasteiger partial charge < -0.3 is 4.74 Å².